The zero-order valence-electron chi connectivity index (χ0n) is 14.7. The molecular formula is C17H18ClN7O. The smallest absolute Gasteiger partial charge is 0.271 e. The van der Waals surface area contributed by atoms with Crippen molar-refractivity contribution in [2.24, 2.45) is 7.05 Å². The molecule has 1 unspecified atom stereocenters. The molecule has 0 aliphatic carbocycles. The maximum Gasteiger partial charge on any atom is 0.271 e. The van der Waals surface area contributed by atoms with Crippen LogP contribution in [0.25, 0.3) is 11.3 Å². The Hall–Kier alpha value is -2.74. The van der Waals surface area contributed by atoms with E-state index in [9.17, 15) is 4.79 Å². The zero-order valence-corrected chi connectivity index (χ0v) is 15.5. The third kappa shape index (κ3) is 2.86. The van der Waals surface area contributed by atoms with Gasteiger partial charge in [-0.3, -0.25) is 4.79 Å². The number of fused-ring (bicyclic) bond motifs is 1. The van der Waals surface area contributed by atoms with Gasteiger partial charge in [0.2, 0.25) is 5.28 Å². The van der Waals surface area contributed by atoms with E-state index in [4.69, 9.17) is 11.6 Å². The molecule has 0 spiro atoms. The second-order valence-corrected chi connectivity index (χ2v) is 6.88. The van der Waals surface area contributed by atoms with E-state index in [1.807, 2.05) is 35.6 Å². The number of hydrogen-bond donors (Lipinski definition) is 0. The number of halogens is 1. The van der Waals surface area contributed by atoms with Crippen LogP contribution in [-0.2, 0) is 20.1 Å². The van der Waals surface area contributed by atoms with E-state index < -0.39 is 0 Å². The predicted octanol–water partition coefficient (Wildman–Crippen LogP) is 2.08. The van der Waals surface area contributed by atoms with Gasteiger partial charge in [-0.05, 0) is 37.1 Å². The fourth-order valence-corrected chi connectivity index (χ4v) is 3.41. The number of rotatable bonds is 3. The van der Waals surface area contributed by atoms with Crippen molar-refractivity contribution in [1.82, 2.24) is 34.4 Å². The van der Waals surface area contributed by atoms with Crippen molar-refractivity contribution in [3.8, 4) is 11.3 Å². The van der Waals surface area contributed by atoms with Gasteiger partial charge >= 0.3 is 0 Å². The molecule has 0 saturated heterocycles. The lowest BCUT2D eigenvalue weighted by Gasteiger charge is -2.33. The van der Waals surface area contributed by atoms with E-state index in [1.165, 1.54) is 4.80 Å². The molecule has 0 aromatic carbocycles. The Bertz CT molecular complexity index is 993. The average Bonchev–Trinajstić information content (AvgIpc) is 3.20. The van der Waals surface area contributed by atoms with E-state index in [-0.39, 0.29) is 17.2 Å². The van der Waals surface area contributed by atoms with Crippen LogP contribution < -0.4 is 0 Å². The quantitative estimate of drug-likeness (QED) is 0.658. The normalized spacial score (nSPS) is 16.8. The number of nitrogens with zero attached hydrogens (tertiary/aromatic N) is 7. The molecule has 9 heteroatoms. The van der Waals surface area contributed by atoms with Gasteiger partial charge in [0.15, 0.2) is 0 Å². The first-order valence-corrected chi connectivity index (χ1v) is 8.66. The molecule has 134 valence electrons. The largest absolute Gasteiger partial charge is 0.341 e. The van der Waals surface area contributed by atoms with Crippen LogP contribution in [-0.4, -0.2) is 46.4 Å². The summed E-state index contributed by atoms with van der Waals surface area (Å²) in [6.07, 6.45) is 5.33. The predicted molar refractivity (Wildman–Crippen MR) is 95.5 cm³/mol. The Balaban J connectivity index is 1.68. The standard InChI is InChI=1S/C17H18ClN7O/c1-10-5-19-17(18)21-15(10)12-4-14-16(26)25(11(2)7-24(14)8-12)9-13-6-20-23(3)22-13/h4-6,8,11H,7,9H2,1-3H3. The minimum absolute atomic E-state index is 0.0292. The third-order valence-electron chi connectivity index (χ3n) is 4.56. The summed E-state index contributed by atoms with van der Waals surface area (Å²) in [6, 6.07) is 1.91. The van der Waals surface area contributed by atoms with Crippen LogP contribution >= 0.6 is 11.6 Å². The van der Waals surface area contributed by atoms with Crippen molar-refractivity contribution < 1.29 is 4.79 Å². The molecule has 1 aliphatic heterocycles. The van der Waals surface area contributed by atoms with Crippen molar-refractivity contribution in [3.05, 3.63) is 46.9 Å². The molecule has 0 bridgehead atoms. The molecule has 4 rings (SSSR count). The number of aryl methyl sites for hydroxylation is 2. The number of aromatic nitrogens is 6. The average molecular weight is 372 g/mol. The van der Waals surface area contributed by atoms with Crippen LogP contribution in [0.5, 0.6) is 0 Å². The van der Waals surface area contributed by atoms with Gasteiger partial charge in [-0.2, -0.15) is 15.0 Å². The van der Waals surface area contributed by atoms with Crippen molar-refractivity contribution >= 4 is 17.5 Å². The first-order chi connectivity index (χ1) is 12.4. The highest BCUT2D eigenvalue weighted by molar-refractivity contribution is 6.28. The van der Waals surface area contributed by atoms with Crippen molar-refractivity contribution in [1.29, 1.82) is 0 Å². The van der Waals surface area contributed by atoms with E-state index in [0.29, 0.717) is 18.8 Å². The summed E-state index contributed by atoms with van der Waals surface area (Å²) in [5.41, 5.74) is 3.92. The Morgan fingerprint density at radius 1 is 1.35 bits per heavy atom. The molecule has 4 heterocycles. The third-order valence-corrected chi connectivity index (χ3v) is 4.75. The summed E-state index contributed by atoms with van der Waals surface area (Å²) in [7, 11) is 1.76. The Labute approximate surface area is 155 Å². The van der Waals surface area contributed by atoms with Gasteiger partial charge in [0.1, 0.15) is 11.4 Å². The van der Waals surface area contributed by atoms with Gasteiger partial charge in [0, 0.05) is 37.6 Å². The molecule has 0 N–H and O–H groups in total. The van der Waals surface area contributed by atoms with Gasteiger partial charge in [-0.1, -0.05) is 0 Å². The second-order valence-electron chi connectivity index (χ2n) is 6.54. The van der Waals surface area contributed by atoms with E-state index in [2.05, 4.69) is 20.2 Å². The van der Waals surface area contributed by atoms with Crippen LogP contribution in [0.1, 0.15) is 28.7 Å². The lowest BCUT2D eigenvalue weighted by Crippen LogP contribution is -2.45. The van der Waals surface area contributed by atoms with Crippen LogP contribution in [0.3, 0.4) is 0 Å². The summed E-state index contributed by atoms with van der Waals surface area (Å²) in [5.74, 6) is -0.0292. The molecular weight excluding hydrogens is 354 g/mol. The van der Waals surface area contributed by atoms with Crippen LogP contribution in [0.2, 0.25) is 5.28 Å². The maximum atomic E-state index is 13.0. The Kier molecular flexibility index (Phi) is 3.99. The number of carbonyl (C=O) groups is 1. The first-order valence-electron chi connectivity index (χ1n) is 8.28. The maximum absolute atomic E-state index is 13.0. The monoisotopic (exact) mass is 371 g/mol. The summed E-state index contributed by atoms with van der Waals surface area (Å²) >= 11 is 5.94. The van der Waals surface area contributed by atoms with E-state index in [1.54, 1.807) is 19.4 Å². The summed E-state index contributed by atoms with van der Waals surface area (Å²) in [6.45, 7) is 5.10. The first kappa shape index (κ1) is 16.7. The fourth-order valence-electron chi connectivity index (χ4n) is 3.28. The lowest BCUT2D eigenvalue weighted by atomic mass is 10.1. The molecule has 0 fully saturated rings. The van der Waals surface area contributed by atoms with E-state index in [0.717, 1.165) is 22.5 Å². The zero-order chi connectivity index (χ0) is 18.4. The molecule has 3 aromatic heterocycles. The SMILES string of the molecule is Cc1cnc(Cl)nc1-c1cc2n(c1)CC(C)N(Cc1cnn(C)n1)C2=O. The molecule has 26 heavy (non-hydrogen) atoms. The van der Waals surface area contributed by atoms with Crippen molar-refractivity contribution in [2.45, 2.75) is 33.0 Å². The summed E-state index contributed by atoms with van der Waals surface area (Å²) in [5, 5.41) is 8.54. The Morgan fingerprint density at radius 2 is 2.15 bits per heavy atom. The molecule has 1 amide bonds. The van der Waals surface area contributed by atoms with Crippen molar-refractivity contribution in [2.75, 3.05) is 0 Å². The molecule has 8 nitrogen and oxygen atoms in total. The second kappa shape index (κ2) is 6.21. The van der Waals surface area contributed by atoms with Gasteiger partial charge in [-0.15, -0.1) is 0 Å². The summed E-state index contributed by atoms with van der Waals surface area (Å²) < 4.78 is 1.98. The van der Waals surface area contributed by atoms with Crippen molar-refractivity contribution in [3.63, 3.8) is 0 Å². The molecule has 3 aromatic rings. The minimum Gasteiger partial charge on any atom is -0.341 e. The van der Waals surface area contributed by atoms with E-state index >= 15 is 0 Å². The van der Waals surface area contributed by atoms with Crippen LogP contribution in [0.4, 0.5) is 0 Å². The Morgan fingerprint density at radius 3 is 2.88 bits per heavy atom. The number of carbonyl (C=O) groups excluding carboxylic acids is 1. The lowest BCUT2D eigenvalue weighted by molar-refractivity contribution is 0.0592. The summed E-state index contributed by atoms with van der Waals surface area (Å²) in [4.78, 5) is 24.7. The molecule has 0 saturated carbocycles. The molecule has 1 aliphatic rings. The van der Waals surface area contributed by atoms with Gasteiger partial charge < -0.3 is 9.47 Å². The fraction of sp³-hybridized carbons (Fsp3) is 0.353. The van der Waals surface area contributed by atoms with Crippen LogP contribution in [0, 0.1) is 6.92 Å². The number of amides is 1. The minimum atomic E-state index is -0.0292. The van der Waals surface area contributed by atoms with Crippen LogP contribution in [0.15, 0.2) is 24.7 Å². The highest BCUT2D eigenvalue weighted by Gasteiger charge is 2.31. The molecule has 0 radical (unpaired) electrons. The topological polar surface area (TPSA) is 81.7 Å². The van der Waals surface area contributed by atoms with Gasteiger partial charge in [0.25, 0.3) is 5.91 Å². The highest BCUT2D eigenvalue weighted by atomic mass is 35.5. The number of hydrogen-bond acceptors (Lipinski definition) is 5. The van der Waals surface area contributed by atoms with Gasteiger partial charge in [0.05, 0.1) is 18.4 Å². The van der Waals surface area contributed by atoms with Gasteiger partial charge in [-0.25, -0.2) is 9.97 Å². The highest BCUT2D eigenvalue weighted by Crippen LogP contribution is 2.28. The molecule has 1 atom stereocenters.